The normalized spacial score (nSPS) is 17.2. The predicted octanol–water partition coefficient (Wildman–Crippen LogP) is 1.74. The van der Waals surface area contributed by atoms with Gasteiger partial charge in [-0.15, -0.1) is 0 Å². The molecule has 1 aliphatic carbocycles. The van der Waals surface area contributed by atoms with Crippen molar-refractivity contribution in [3.05, 3.63) is 17.3 Å². The van der Waals surface area contributed by atoms with E-state index >= 15 is 0 Å². The van der Waals surface area contributed by atoms with E-state index in [-0.39, 0.29) is 21.2 Å². The van der Waals surface area contributed by atoms with E-state index in [1.54, 1.807) is 0 Å². The summed E-state index contributed by atoms with van der Waals surface area (Å²) in [5.74, 6) is 5.90. The van der Waals surface area contributed by atoms with E-state index in [9.17, 15) is 8.42 Å². The van der Waals surface area contributed by atoms with Gasteiger partial charge in [-0.05, 0) is 30.2 Å². The number of hydrazine groups is 1. The van der Waals surface area contributed by atoms with Gasteiger partial charge in [-0.1, -0.05) is 25.4 Å². The third-order valence-electron chi connectivity index (χ3n) is 3.99. The minimum Gasteiger partial charge on any atom is -0.307 e. The molecular weight excluding hydrogens is 300 g/mol. The Balaban J connectivity index is 2.13. The molecule has 1 aliphatic rings. The average Bonchev–Trinajstić information content (AvgIpc) is 3.17. The van der Waals surface area contributed by atoms with E-state index in [2.05, 4.69) is 29.0 Å². The molecule has 112 valence electrons. The fourth-order valence-electron chi connectivity index (χ4n) is 2.11. The molecule has 1 aromatic rings. The fourth-order valence-corrected chi connectivity index (χ4v) is 3.51. The number of hydrogen-bond donors (Lipinski definition) is 3. The van der Waals surface area contributed by atoms with Crippen molar-refractivity contribution in [1.29, 1.82) is 0 Å². The monoisotopic (exact) mass is 318 g/mol. The molecule has 1 saturated carbocycles. The maximum Gasteiger partial charge on any atom is 0.242 e. The van der Waals surface area contributed by atoms with Crippen LogP contribution < -0.4 is 16.0 Å². The third-order valence-corrected chi connectivity index (χ3v) is 5.65. The molecule has 0 aromatic carbocycles. The van der Waals surface area contributed by atoms with Gasteiger partial charge >= 0.3 is 0 Å². The number of nitrogen functional groups attached to an aromatic ring is 1. The Kier molecular flexibility index (Phi) is 4.24. The average molecular weight is 319 g/mol. The second kappa shape index (κ2) is 5.48. The zero-order valence-electron chi connectivity index (χ0n) is 11.5. The maximum absolute atomic E-state index is 12.2. The highest BCUT2D eigenvalue weighted by atomic mass is 35.5. The van der Waals surface area contributed by atoms with Crippen LogP contribution in [-0.4, -0.2) is 19.9 Å². The molecule has 0 saturated heterocycles. The fraction of sp³-hybridized carbons (Fsp3) is 0.583. The van der Waals surface area contributed by atoms with Gasteiger partial charge < -0.3 is 5.43 Å². The molecule has 20 heavy (non-hydrogen) atoms. The lowest BCUT2D eigenvalue weighted by Gasteiger charge is -2.20. The molecule has 1 aromatic heterocycles. The van der Waals surface area contributed by atoms with Crippen LogP contribution in [0.2, 0.25) is 5.02 Å². The zero-order valence-corrected chi connectivity index (χ0v) is 13.1. The van der Waals surface area contributed by atoms with E-state index in [1.807, 2.05) is 0 Å². The number of pyridine rings is 1. The molecule has 0 unspecified atom stereocenters. The van der Waals surface area contributed by atoms with Crippen LogP contribution >= 0.6 is 11.6 Å². The Morgan fingerprint density at radius 2 is 2.15 bits per heavy atom. The summed E-state index contributed by atoms with van der Waals surface area (Å²) in [4.78, 5) is 3.91. The summed E-state index contributed by atoms with van der Waals surface area (Å²) in [6.45, 7) is 4.67. The van der Waals surface area contributed by atoms with Crippen LogP contribution in [0, 0.1) is 11.3 Å². The summed E-state index contributed by atoms with van der Waals surface area (Å²) in [6, 6.07) is 1.33. The molecule has 1 heterocycles. The lowest BCUT2D eigenvalue weighted by atomic mass is 9.93. The Morgan fingerprint density at radius 1 is 1.50 bits per heavy atom. The Hall–Kier alpha value is -0.890. The van der Waals surface area contributed by atoms with Gasteiger partial charge in [0.2, 0.25) is 10.0 Å². The van der Waals surface area contributed by atoms with E-state index in [0.29, 0.717) is 12.5 Å². The van der Waals surface area contributed by atoms with Crippen LogP contribution in [0.3, 0.4) is 0 Å². The van der Waals surface area contributed by atoms with E-state index in [0.717, 1.165) is 12.8 Å². The largest absolute Gasteiger partial charge is 0.307 e. The van der Waals surface area contributed by atoms with Crippen LogP contribution in [0.4, 0.5) is 5.82 Å². The lowest BCUT2D eigenvalue weighted by molar-refractivity contribution is 0.357. The molecule has 0 atom stereocenters. The summed E-state index contributed by atoms with van der Waals surface area (Å²) in [7, 11) is -3.60. The number of nitrogens with zero attached hydrogens (tertiary/aromatic N) is 1. The molecule has 0 amide bonds. The first-order valence-electron chi connectivity index (χ1n) is 6.42. The zero-order chi connectivity index (χ0) is 15.0. The summed E-state index contributed by atoms with van der Waals surface area (Å²) in [5.41, 5.74) is 2.40. The summed E-state index contributed by atoms with van der Waals surface area (Å²) in [5, 5.41) is 0.167. The molecule has 1 fully saturated rings. The number of rotatable bonds is 6. The number of halogens is 1. The van der Waals surface area contributed by atoms with Gasteiger partial charge in [0, 0.05) is 12.7 Å². The highest BCUT2D eigenvalue weighted by Gasteiger charge is 2.45. The molecule has 4 N–H and O–H groups in total. The van der Waals surface area contributed by atoms with Crippen LogP contribution in [0.1, 0.15) is 26.7 Å². The molecule has 0 radical (unpaired) electrons. The van der Waals surface area contributed by atoms with E-state index in [1.165, 1.54) is 12.3 Å². The Morgan fingerprint density at radius 3 is 2.60 bits per heavy atom. The van der Waals surface area contributed by atoms with Crippen molar-refractivity contribution in [2.24, 2.45) is 17.2 Å². The van der Waals surface area contributed by atoms with Crippen molar-refractivity contribution in [3.63, 3.8) is 0 Å². The standard InChI is InChI=1S/C12H19ClN4O2S/c1-8(2)12(3-4-12)7-16-20(18,19)9-5-10(13)11(17-14)15-6-9/h5-6,8,16H,3-4,7,14H2,1-2H3,(H,15,17). The van der Waals surface area contributed by atoms with E-state index < -0.39 is 10.0 Å². The highest BCUT2D eigenvalue weighted by molar-refractivity contribution is 7.89. The Labute approximate surface area is 124 Å². The van der Waals surface area contributed by atoms with E-state index in [4.69, 9.17) is 17.4 Å². The third kappa shape index (κ3) is 3.06. The second-order valence-corrected chi connectivity index (χ2v) is 7.66. The van der Waals surface area contributed by atoms with Crippen molar-refractivity contribution < 1.29 is 8.42 Å². The van der Waals surface area contributed by atoms with Crippen molar-refractivity contribution in [2.75, 3.05) is 12.0 Å². The number of nitrogens with two attached hydrogens (primary N) is 1. The second-order valence-electron chi connectivity index (χ2n) is 5.49. The predicted molar refractivity (Wildman–Crippen MR) is 78.8 cm³/mol. The maximum atomic E-state index is 12.2. The molecule has 0 aliphatic heterocycles. The van der Waals surface area contributed by atoms with Crippen LogP contribution in [0.5, 0.6) is 0 Å². The van der Waals surface area contributed by atoms with Crippen LogP contribution in [-0.2, 0) is 10.0 Å². The topological polar surface area (TPSA) is 97.1 Å². The van der Waals surface area contributed by atoms with Crippen molar-refractivity contribution in [3.8, 4) is 0 Å². The van der Waals surface area contributed by atoms with Crippen molar-refractivity contribution >= 4 is 27.4 Å². The minimum atomic E-state index is -3.60. The first kappa shape index (κ1) is 15.5. The van der Waals surface area contributed by atoms with Crippen LogP contribution in [0.15, 0.2) is 17.2 Å². The summed E-state index contributed by atoms with van der Waals surface area (Å²) >= 11 is 5.89. The first-order chi connectivity index (χ1) is 9.31. The highest BCUT2D eigenvalue weighted by Crippen LogP contribution is 2.51. The van der Waals surface area contributed by atoms with Crippen LogP contribution in [0.25, 0.3) is 0 Å². The van der Waals surface area contributed by atoms with Gasteiger partial charge in [0.25, 0.3) is 0 Å². The molecule has 2 rings (SSSR count). The van der Waals surface area contributed by atoms with Gasteiger partial charge in [0.1, 0.15) is 4.90 Å². The number of hydrogen-bond acceptors (Lipinski definition) is 5. The molecule has 8 heteroatoms. The SMILES string of the molecule is CC(C)C1(CNS(=O)(=O)c2cnc(NN)c(Cl)c2)CC1. The van der Waals surface area contributed by atoms with Gasteiger partial charge in [-0.25, -0.2) is 24.0 Å². The number of nitrogens with one attached hydrogen (secondary N) is 2. The van der Waals surface area contributed by atoms with Crippen molar-refractivity contribution in [2.45, 2.75) is 31.6 Å². The molecular formula is C12H19ClN4O2S. The first-order valence-corrected chi connectivity index (χ1v) is 8.29. The smallest absolute Gasteiger partial charge is 0.242 e. The lowest BCUT2D eigenvalue weighted by Crippen LogP contribution is -2.32. The molecule has 6 nitrogen and oxygen atoms in total. The number of aromatic nitrogens is 1. The number of anilines is 1. The summed E-state index contributed by atoms with van der Waals surface area (Å²) in [6.07, 6.45) is 3.35. The van der Waals surface area contributed by atoms with Crippen molar-refractivity contribution in [1.82, 2.24) is 9.71 Å². The minimum absolute atomic E-state index is 0.0426. The van der Waals surface area contributed by atoms with Gasteiger partial charge in [-0.2, -0.15) is 0 Å². The quantitative estimate of drug-likeness (QED) is 0.548. The Bertz CT molecular complexity index is 599. The van der Waals surface area contributed by atoms with Gasteiger partial charge in [0.05, 0.1) is 5.02 Å². The van der Waals surface area contributed by atoms with Gasteiger partial charge in [0.15, 0.2) is 5.82 Å². The van der Waals surface area contributed by atoms with Gasteiger partial charge in [-0.3, -0.25) is 0 Å². The molecule has 0 spiro atoms. The summed E-state index contributed by atoms with van der Waals surface area (Å²) < 4.78 is 27.1. The molecule has 0 bridgehead atoms. The number of sulfonamides is 1.